The Morgan fingerprint density at radius 3 is 2.45 bits per heavy atom. The van der Waals surface area contributed by atoms with Gasteiger partial charge in [-0.05, 0) is 30.7 Å². The van der Waals surface area contributed by atoms with E-state index < -0.39 is 17.2 Å². The Morgan fingerprint density at radius 1 is 1.06 bits per heavy atom. The van der Waals surface area contributed by atoms with Crippen molar-refractivity contribution in [3.63, 3.8) is 0 Å². The number of aryl methyl sites for hydroxylation is 1. The summed E-state index contributed by atoms with van der Waals surface area (Å²) >= 11 is 0. The van der Waals surface area contributed by atoms with E-state index in [0.717, 1.165) is 23.8 Å². The second-order valence-corrected chi connectivity index (χ2v) is 8.43. The maximum absolute atomic E-state index is 12.5. The molecule has 10 heteroatoms. The van der Waals surface area contributed by atoms with Crippen LogP contribution in [-0.4, -0.2) is 55.2 Å². The molecule has 0 bridgehead atoms. The molecule has 0 unspecified atom stereocenters. The van der Waals surface area contributed by atoms with E-state index in [1.807, 2.05) is 18.2 Å². The minimum atomic E-state index is -0.655. The van der Waals surface area contributed by atoms with Crippen molar-refractivity contribution in [1.82, 2.24) is 23.6 Å². The summed E-state index contributed by atoms with van der Waals surface area (Å²) in [5, 5.41) is 0. The number of imidazole rings is 1. The number of benzene rings is 1. The molecular weight excluding hydrogens is 426 g/mol. The van der Waals surface area contributed by atoms with E-state index in [9.17, 15) is 19.2 Å². The maximum Gasteiger partial charge on any atom is 0.332 e. The van der Waals surface area contributed by atoms with Gasteiger partial charge in [0, 0.05) is 27.2 Å². The van der Waals surface area contributed by atoms with E-state index in [2.05, 4.69) is 17.1 Å². The summed E-state index contributed by atoms with van der Waals surface area (Å²) in [6.45, 7) is 0.663. The highest BCUT2D eigenvalue weighted by atomic mass is 16.5. The smallest absolute Gasteiger partial charge is 0.332 e. The van der Waals surface area contributed by atoms with Gasteiger partial charge in [0.25, 0.3) is 11.5 Å². The zero-order valence-corrected chi connectivity index (χ0v) is 18.8. The molecule has 174 valence electrons. The fourth-order valence-corrected chi connectivity index (χ4v) is 4.27. The Kier molecular flexibility index (Phi) is 6.43. The lowest BCUT2D eigenvalue weighted by molar-refractivity contribution is -0.153. The standard InChI is InChI=1S/C23H27N5O5/c1-25-21-20(22(31)26(2)23(25)32)28(15-24-21)13-19(30)33-14-18(29)27-10-8-17(9-11-27)12-16-6-4-3-5-7-16/h3-7,15,17H,8-14H2,1-2H3. The highest BCUT2D eigenvalue weighted by Gasteiger charge is 2.24. The summed E-state index contributed by atoms with van der Waals surface area (Å²) in [6.07, 6.45) is 4.14. The zero-order chi connectivity index (χ0) is 23.5. The van der Waals surface area contributed by atoms with Crippen LogP contribution in [0, 0.1) is 5.92 Å². The fourth-order valence-electron chi connectivity index (χ4n) is 4.27. The van der Waals surface area contributed by atoms with Crippen LogP contribution in [0.15, 0.2) is 46.2 Å². The highest BCUT2D eigenvalue weighted by molar-refractivity contribution is 5.81. The van der Waals surface area contributed by atoms with Crippen molar-refractivity contribution in [3.8, 4) is 0 Å². The van der Waals surface area contributed by atoms with Crippen molar-refractivity contribution < 1.29 is 14.3 Å². The average Bonchev–Trinajstić information content (AvgIpc) is 3.24. The number of aromatic nitrogens is 4. The minimum Gasteiger partial charge on any atom is -0.454 e. The van der Waals surface area contributed by atoms with Crippen molar-refractivity contribution in [2.45, 2.75) is 25.8 Å². The molecule has 0 saturated carbocycles. The Labute approximate surface area is 190 Å². The van der Waals surface area contributed by atoms with E-state index in [4.69, 9.17) is 4.74 Å². The Hall–Kier alpha value is -3.69. The third-order valence-corrected chi connectivity index (χ3v) is 6.21. The van der Waals surface area contributed by atoms with Crippen LogP contribution in [0.2, 0.25) is 0 Å². The minimum absolute atomic E-state index is 0.128. The number of piperidine rings is 1. The van der Waals surface area contributed by atoms with Crippen LogP contribution in [0.25, 0.3) is 11.2 Å². The number of likely N-dealkylation sites (tertiary alicyclic amines) is 1. The predicted octanol–water partition coefficient (Wildman–Crippen LogP) is 0.458. The number of nitrogens with zero attached hydrogens (tertiary/aromatic N) is 5. The van der Waals surface area contributed by atoms with Crippen molar-refractivity contribution in [3.05, 3.63) is 63.1 Å². The van der Waals surface area contributed by atoms with Crippen molar-refractivity contribution in [1.29, 1.82) is 0 Å². The van der Waals surface area contributed by atoms with E-state index >= 15 is 0 Å². The van der Waals surface area contributed by atoms with Gasteiger partial charge in [0.15, 0.2) is 17.8 Å². The summed E-state index contributed by atoms with van der Waals surface area (Å²) < 4.78 is 8.70. The van der Waals surface area contributed by atoms with E-state index in [0.29, 0.717) is 19.0 Å². The van der Waals surface area contributed by atoms with Crippen LogP contribution in [0.1, 0.15) is 18.4 Å². The van der Waals surface area contributed by atoms with Crippen LogP contribution in [0.5, 0.6) is 0 Å². The quantitative estimate of drug-likeness (QED) is 0.502. The molecule has 3 aromatic rings. The van der Waals surface area contributed by atoms with Crippen LogP contribution in [0.3, 0.4) is 0 Å². The van der Waals surface area contributed by atoms with Gasteiger partial charge >= 0.3 is 11.7 Å². The number of ether oxygens (including phenoxy) is 1. The first kappa shape index (κ1) is 22.5. The first-order valence-corrected chi connectivity index (χ1v) is 10.9. The lowest BCUT2D eigenvalue weighted by Crippen LogP contribution is -2.41. The molecule has 1 aliphatic heterocycles. The molecule has 33 heavy (non-hydrogen) atoms. The average molecular weight is 453 g/mol. The number of fused-ring (bicyclic) bond motifs is 1. The number of amides is 1. The van der Waals surface area contributed by atoms with E-state index in [-0.39, 0.29) is 30.2 Å². The molecule has 3 heterocycles. The van der Waals surface area contributed by atoms with Gasteiger partial charge in [0.05, 0.1) is 6.33 Å². The topological polar surface area (TPSA) is 108 Å². The molecule has 1 amide bonds. The van der Waals surface area contributed by atoms with Gasteiger partial charge in [-0.25, -0.2) is 9.78 Å². The van der Waals surface area contributed by atoms with Gasteiger partial charge in [0.1, 0.15) is 6.54 Å². The Bertz CT molecular complexity index is 1280. The molecule has 1 aliphatic rings. The normalized spacial score (nSPS) is 14.5. The largest absolute Gasteiger partial charge is 0.454 e. The van der Waals surface area contributed by atoms with Crippen molar-refractivity contribution in [2.75, 3.05) is 19.7 Å². The van der Waals surface area contributed by atoms with Gasteiger partial charge in [0.2, 0.25) is 0 Å². The van der Waals surface area contributed by atoms with Gasteiger partial charge in [-0.2, -0.15) is 0 Å². The fraction of sp³-hybridized carbons (Fsp3) is 0.435. The third-order valence-electron chi connectivity index (χ3n) is 6.21. The number of esters is 1. The number of hydrogen-bond donors (Lipinski definition) is 0. The van der Waals surface area contributed by atoms with Crippen LogP contribution >= 0.6 is 0 Å². The first-order valence-electron chi connectivity index (χ1n) is 10.9. The molecule has 1 fully saturated rings. The third kappa shape index (κ3) is 4.74. The monoisotopic (exact) mass is 453 g/mol. The van der Waals surface area contributed by atoms with Crippen LogP contribution < -0.4 is 11.2 Å². The molecule has 4 rings (SSSR count). The summed E-state index contributed by atoms with van der Waals surface area (Å²) in [6, 6.07) is 10.3. The number of rotatable bonds is 6. The number of carbonyl (C=O) groups excluding carboxylic acids is 2. The number of carbonyl (C=O) groups is 2. The second kappa shape index (κ2) is 9.43. The molecule has 1 saturated heterocycles. The van der Waals surface area contributed by atoms with Crippen molar-refractivity contribution in [2.24, 2.45) is 20.0 Å². The summed E-state index contributed by atoms with van der Waals surface area (Å²) in [5.74, 6) is -0.347. The van der Waals surface area contributed by atoms with E-state index in [1.54, 1.807) is 4.90 Å². The van der Waals surface area contributed by atoms with E-state index in [1.165, 1.54) is 35.1 Å². The molecule has 2 aromatic heterocycles. The summed E-state index contributed by atoms with van der Waals surface area (Å²) in [4.78, 5) is 55.1. The maximum atomic E-state index is 12.5. The molecule has 10 nitrogen and oxygen atoms in total. The molecule has 0 radical (unpaired) electrons. The second-order valence-electron chi connectivity index (χ2n) is 8.43. The number of hydrogen-bond acceptors (Lipinski definition) is 6. The van der Waals surface area contributed by atoms with Crippen LogP contribution in [0.4, 0.5) is 0 Å². The van der Waals surface area contributed by atoms with Gasteiger partial charge < -0.3 is 14.2 Å². The highest BCUT2D eigenvalue weighted by Crippen LogP contribution is 2.21. The van der Waals surface area contributed by atoms with Crippen LogP contribution in [-0.2, 0) is 41.4 Å². The molecule has 0 atom stereocenters. The molecule has 0 spiro atoms. The first-order chi connectivity index (χ1) is 15.8. The van der Waals surface area contributed by atoms with Crippen molar-refractivity contribution >= 4 is 23.0 Å². The van der Waals surface area contributed by atoms with Gasteiger partial charge in [-0.1, -0.05) is 30.3 Å². The molecular formula is C23H27N5O5. The SMILES string of the molecule is Cn1c(=O)c2c(ncn2CC(=O)OCC(=O)N2CCC(Cc3ccccc3)CC2)n(C)c1=O. The molecule has 0 aliphatic carbocycles. The lowest BCUT2D eigenvalue weighted by Gasteiger charge is -2.32. The summed E-state index contributed by atoms with van der Waals surface area (Å²) in [7, 11) is 2.86. The molecule has 1 aromatic carbocycles. The molecule has 0 N–H and O–H groups in total. The lowest BCUT2D eigenvalue weighted by atomic mass is 9.90. The predicted molar refractivity (Wildman–Crippen MR) is 121 cm³/mol. The Morgan fingerprint density at radius 2 is 1.76 bits per heavy atom. The van der Waals surface area contributed by atoms with Gasteiger partial charge in [-0.15, -0.1) is 0 Å². The summed E-state index contributed by atoms with van der Waals surface area (Å²) in [5.41, 5.74) is 0.568. The Balaban J connectivity index is 1.30. The zero-order valence-electron chi connectivity index (χ0n) is 18.8. The van der Waals surface area contributed by atoms with Gasteiger partial charge in [-0.3, -0.25) is 23.5 Å².